The molecule has 0 aliphatic carbocycles. The minimum atomic E-state index is -0.652. The molecule has 2 atom stereocenters. The van der Waals surface area contributed by atoms with Gasteiger partial charge in [0.15, 0.2) is 0 Å². The number of benzene rings is 1. The fourth-order valence-electron chi connectivity index (χ4n) is 1.70. The maximum absolute atomic E-state index is 12.1. The number of aliphatic hydroxyl groups is 1. The fourth-order valence-corrected chi connectivity index (χ4v) is 1.99. The molecule has 2 rings (SSSR count). The molecule has 0 saturated heterocycles. The average molecular weight is 340 g/mol. The van der Waals surface area contributed by atoms with E-state index in [1.54, 1.807) is 38.1 Å². The number of amides is 1. The van der Waals surface area contributed by atoms with Gasteiger partial charge in [-0.2, -0.15) is 0 Å². The molecule has 116 valence electrons. The van der Waals surface area contributed by atoms with E-state index in [0.717, 1.165) is 5.56 Å². The molecule has 0 radical (unpaired) electrons. The molecule has 0 spiro atoms. The Balaban J connectivity index is 2.26. The largest absolute Gasteiger partial charge is 0.391 e. The van der Waals surface area contributed by atoms with Gasteiger partial charge in [0.2, 0.25) is 0 Å². The Kier molecular flexibility index (Phi) is 5.34. The first-order valence-corrected chi connectivity index (χ1v) is 7.40. The van der Waals surface area contributed by atoms with E-state index in [-0.39, 0.29) is 17.6 Å². The molecule has 7 heteroatoms. The van der Waals surface area contributed by atoms with Crippen LogP contribution in [0.4, 0.5) is 0 Å². The van der Waals surface area contributed by atoms with Gasteiger partial charge in [0.25, 0.3) is 5.91 Å². The molecule has 1 amide bonds. The first kappa shape index (κ1) is 16.7. The summed E-state index contributed by atoms with van der Waals surface area (Å²) in [7, 11) is 0. The van der Waals surface area contributed by atoms with Crippen molar-refractivity contribution in [2.45, 2.75) is 26.0 Å². The highest BCUT2D eigenvalue weighted by molar-refractivity contribution is 6.42. The lowest BCUT2D eigenvalue weighted by Crippen LogP contribution is -2.40. The van der Waals surface area contributed by atoms with Crippen molar-refractivity contribution in [3.8, 4) is 11.3 Å². The van der Waals surface area contributed by atoms with Gasteiger partial charge in [-0.15, -0.1) is 0 Å². The first-order valence-electron chi connectivity index (χ1n) is 6.65. The fraction of sp³-hybridized carbons (Fsp3) is 0.267. The Morgan fingerprint density at radius 2 is 1.91 bits per heavy atom. The van der Waals surface area contributed by atoms with Gasteiger partial charge in [0, 0.05) is 5.56 Å². The molecule has 2 aromatic rings. The summed E-state index contributed by atoms with van der Waals surface area (Å²) in [6.07, 6.45) is 0.653. The van der Waals surface area contributed by atoms with Crippen LogP contribution in [-0.4, -0.2) is 33.1 Å². The lowest BCUT2D eigenvalue weighted by atomic mass is 10.1. The molecule has 1 aromatic carbocycles. The van der Waals surface area contributed by atoms with E-state index < -0.39 is 6.10 Å². The standard InChI is InChI=1S/C15H15Cl2N3O2/c1-8(9(2)21)20-15(22)14-6-13(18-7-19-14)10-3-4-11(16)12(17)5-10/h3-9,21H,1-2H3,(H,20,22)/t8?,9-/m1/s1. The lowest BCUT2D eigenvalue weighted by molar-refractivity contribution is 0.0869. The summed E-state index contributed by atoms with van der Waals surface area (Å²) in [6.45, 7) is 3.32. The highest BCUT2D eigenvalue weighted by Gasteiger charge is 2.15. The molecule has 0 aliphatic rings. The maximum atomic E-state index is 12.1. The van der Waals surface area contributed by atoms with Crippen molar-refractivity contribution in [3.63, 3.8) is 0 Å². The average Bonchev–Trinajstić information content (AvgIpc) is 2.50. The number of halogens is 2. The van der Waals surface area contributed by atoms with Crippen LogP contribution in [0.15, 0.2) is 30.6 Å². The van der Waals surface area contributed by atoms with Gasteiger partial charge in [-0.25, -0.2) is 9.97 Å². The van der Waals surface area contributed by atoms with Gasteiger partial charge in [-0.3, -0.25) is 4.79 Å². The smallest absolute Gasteiger partial charge is 0.270 e. The number of carbonyl (C=O) groups is 1. The molecule has 1 aromatic heterocycles. The van der Waals surface area contributed by atoms with Crippen molar-refractivity contribution in [2.75, 3.05) is 0 Å². The molecular formula is C15H15Cl2N3O2. The molecule has 1 heterocycles. The van der Waals surface area contributed by atoms with Crippen LogP contribution in [0.5, 0.6) is 0 Å². The molecule has 0 bridgehead atoms. The van der Waals surface area contributed by atoms with Crippen molar-refractivity contribution in [3.05, 3.63) is 46.3 Å². The van der Waals surface area contributed by atoms with Gasteiger partial charge in [0.1, 0.15) is 12.0 Å². The number of carbonyl (C=O) groups excluding carboxylic acids is 1. The number of rotatable bonds is 4. The lowest BCUT2D eigenvalue weighted by Gasteiger charge is -2.16. The summed E-state index contributed by atoms with van der Waals surface area (Å²) in [5.41, 5.74) is 1.50. The second-order valence-corrected chi connectivity index (χ2v) is 5.73. The highest BCUT2D eigenvalue weighted by Crippen LogP contribution is 2.27. The third-order valence-electron chi connectivity index (χ3n) is 3.20. The zero-order chi connectivity index (χ0) is 16.3. The Morgan fingerprint density at radius 1 is 1.18 bits per heavy atom. The van der Waals surface area contributed by atoms with Crippen molar-refractivity contribution in [1.82, 2.24) is 15.3 Å². The molecular weight excluding hydrogens is 325 g/mol. The van der Waals surface area contributed by atoms with Crippen LogP contribution >= 0.6 is 23.2 Å². The van der Waals surface area contributed by atoms with Crippen LogP contribution in [0.2, 0.25) is 10.0 Å². The van der Waals surface area contributed by atoms with Crippen molar-refractivity contribution in [2.24, 2.45) is 0 Å². The Hall–Kier alpha value is -1.69. The maximum Gasteiger partial charge on any atom is 0.270 e. The topological polar surface area (TPSA) is 75.1 Å². The Bertz CT molecular complexity index is 692. The summed E-state index contributed by atoms with van der Waals surface area (Å²) >= 11 is 11.9. The number of hydrogen-bond acceptors (Lipinski definition) is 4. The van der Waals surface area contributed by atoms with Crippen molar-refractivity contribution >= 4 is 29.1 Å². The molecule has 2 N–H and O–H groups in total. The van der Waals surface area contributed by atoms with Crippen LogP contribution in [0.25, 0.3) is 11.3 Å². The third kappa shape index (κ3) is 3.94. The zero-order valence-electron chi connectivity index (χ0n) is 12.0. The van der Waals surface area contributed by atoms with Crippen LogP contribution in [0.1, 0.15) is 24.3 Å². The number of aromatic nitrogens is 2. The monoisotopic (exact) mass is 339 g/mol. The summed E-state index contributed by atoms with van der Waals surface area (Å²) < 4.78 is 0. The molecule has 0 aliphatic heterocycles. The number of hydrogen-bond donors (Lipinski definition) is 2. The van der Waals surface area contributed by atoms with Gasteiger partial charge in [-0.1, -0.05) is 29.3 Å². The minimum Gasteiger partial charge on any atom is -0.391 e. The van der Waals surface area contributed by atoms with Gasteiger partial charge in [0.05, 0.1) is 27.9 Å². The second-order valence-electron chi connectivity index (χ2n) is 4.92. The molecule has 22 heavy (non-hydrogen) atoms. The first-order chi connectivity index (χ1) is 10.4. The van der Waals surface area contributed by atoms with Gasteiger partial charge < -0.3 is 10.4 Å². The Labute approximate surface area is 138 Å². The van der Waals surface area contributed by atoms with E-state index in [4.69, 9.17) is 23.2 Å². The summed E-state index contributed by atoms with van der Waals surface area (Å²) in [6, 6.07) is 6.28. The SMILES string of the molecule is CC(NC(=O)c1cc(-c2ccc(Cl)c(Cl)c2)ncn1)[C@@H](C)O. The molecule has 0 saturated carbocycles. The predicted octanol–water partition coefficient (Wildman–Crippen LogP) is 2.95. The van der Waals surface area contributed by atoms with E-state index in [2.05, 4.69) is 15.3 Å². The quantitative estimate of drug-likeness (QED) is 0.897. The summed E-state index contributed by atoms with van der Waals surface area (Å²) in [5, 5.41) is 13.0. The van der Waals surface area contributed by atoms with E-state index in [9.17, 15) is 9.90 Å². The molecule has 0 fully saturated rings. The van der Waals surface area contributed by atoms with Crippen molar-refractivity contribution < 1.29 is 9.90 Å². The highest BCUT2D eigenvalue weighted by atomic mass is 35.5. The van der Waals surface area contributed by atoms with Crippen LogP contribution in [0.3, 0.4) is 0 Å². The van der Waals surface area contributed by atoms with Gasteiger partial charge in [-0.05, 0) is 32.0 Å². The number of aliphatic hydroxyl groups excluding tert-OH is 1. The summed E-state index contributed by atoms with van der Waals surface area (Å²) in [5.74, 6) is -0.378. The van der Waals surface area contributed by atoms with Gasteiger partial charge >= 0.3 is 0 Å². The normalized spacial score (nSPS) is 13.5. The second kappa shape index (κ2) is 7.05. The summed E-state index contributed by atoms with van der Waals surface area (Å²) in [4.78, 5) is 20.2. The zero-order valence-corrected chi connectivity index (χ0v) is 13.6. The molecule has 1 unspecified atom stereocenters. The van der Waals surface area contributed by atoms with Crippen molar-refractivity contribution in [1.29, 1.82) is 0 Å². The Morgan fingerprint density at radius 3 is 2.55 bits per heavy atom. The van der Waals surface area contributed by atoms with E-state index in [1.165, 1.54) is 6.33 Å². The minimum absolute atomic E-state index is 0.212. The number of nitrogens with zero attached hydrogens (tertiary/aromatic N) is 2. The third-order valence-corrected chi connectivity index (χ3v) is 3.94. The molecule has 5 nitrogen and oxygen atoms in total. The van der Waals surface area contributed by atoms with E-state index >= 15 is 0 Å². The van der Waals surface area contributed by atoms with Crippen LogP contribution in [0, 0.1) is 0 Å². The predicted molar refractivity (Wildman–Crippen MR) is 86.1 cm³/mol. The number of nitrogens with one attached hydrogen (secondary N) is 1. The van der Waals surface area contributed by atoms with E-state index in [1.807, 2.05) is 0 Å². The van der Waals surface area contributed by atoms with E-state index in [0.29, 0.717) is 15.7 Å². The van der Waals surface area contributed by atoms with Crippen LogP contribution in [-0.2, 0) is 0 Å². The van der Waals surface area contributed by atoms with Crippen LogP contribution < -0.4 is 5.32 Å².